The van der Waals surface area contributed by atoms with Gasteiger partial charge in [0.05, 0.1) is 29.0 Å². The number of carbonyl (C=O) groups excluding carboxylic acids is 2. The Labute approximate surface area is 192 Å². The topological polar surface area (TPSA) is 151 Å². The number of nitrogens with one attached hydrogen (secondary N) is 2. The minimum atomic E-state index is -0.713. The Morgan fingerprint density at radius 3 is 2.82 bits per heavy atom. The number of thiophene rings is 1. The number of nitro groups is 1. The molecule has 1 amide bonds. The van der Waals surface area contributed by atoms with Crippen LogP contribution in [0.4, 0.5) is 10.7 Å². The first-order chi connectivity index (χ1) is 15.8. The number of esters is 1. The molecule has 0 aliphatic rings. The average Bonchev–Trinajstić information content (AvgIpc) is 3.36. The molecule has 0 fully saturated rings. The van der Waals surface area contributed by atoms with Crippen LogP contribution in [0.15, 0.2) is 36.0 Å². The van der Waals surface area contributed by atoms with Crippen LogP contribution in [0.1, 0.15) is 33.3 Å². The van der Waals surface area contributed by atoms with E-state index in [1.165, 1.54) is 41.8 Å². The van der Waals surface area contributed by atoms with E-state index in [0.29, 0.717) is 27.4 Å². The summed E-state index contributed by atoms with van der Waals surface area (Å²) >= 11 is 1.21. The third-order valence-electron chi connectivity index (χ3n) is 4.77. The smallest absolute Gasteiger partial charge is 0.341 e. The van der Waals surface area contributed by atoms with Gasteiger partial charge in [0.1, 0.15) is 16.6 Å². The number of non-ortho nitro benzene ring substituents is 1. The number of aryl methyl sites for hydroxylation is 1. The van der Waals surface area contributed by atoms with Crippen molar-refractivity contribution in [3.8, 4) is 17.3 Å². The summed E-state index contributed by atoms with van der Waals surface area (Å²) in [6.07, 6.45) is 2.73. The number of nitrogens with zero attached hydrogens (tertiary/aromatic N) is 3. The summed E-state index contributed by atoms with van der Waals surface area (Å²) in [6, 6.07) is 7.74. The lowest BCUT2D eigenvalue weighted by Crippen LogP contribution is -2.16. The van der Waals surface area contributed by atoms with E-state index in [1.54, 1.807) is 19.9 Å². The molecule has 0 bridgehead atoms. The Kier molecular flexibility index (Phi) is 7.00. The first kappa shape index (κ1) is 23.4. The van der Waals surface area contributed by atoms with Crippen LogP contribution in [0.3, 0.4) is 0 Å². The SMILES string of the molecule is CCOC(=O)c1c(NC(=O)C(C#N)=Cc2cn[nH]c2-c2cccc([N+](=O)[O-])c2)sc(C)c1C. The lowest BCUT2D eigenvalue weighted by Gasteiger charge is -2.07. The standard InChI is InChI=1S/C22H19N5O5S/c1-4-32-22(29)18-12(2)13(3)33-21(18)25-20(28)15(10-23)8-16-11-24-26-19(16)14-6-5-7-17(9-14)27(30)31/h5-9,11H,4H2,1-3H3,(H,24,26)(H,25,28). The number of nitro benzene ring substituents is 1. The number of amides is 1. The molecular formula is C22H19N5O5S. The van der Waals surface area contributed by atoms with E-state index in [4.69, 9.17) is 4.74 Å². The fraction of sp³-hybridized carbons (Fsp3) is 0.182. The number of nitriles is 1. The molecule has 0 radical (unpaired) electrons. The van der Waals surface area contributed by atoms with Crippen LogP contribution in [0, 0.1) is 35.3 Å². The molecule has 3 rings (SSSR count). The second kappa shape index (κ2) is 9.88. The number of hydrogen-bond acceptors (Lipinski definition) is 8. The van der Waals surface area contributed by atoms with E-state index in [-0.39, 0.29) is 23.4 Å². The zero-order valence-electron chi connectivity index (χ0n) is 18.0. The highest BCUT2D eigenvalue weighted by Crippen LogP contribution is 2.33. The van der Waals surface area contributed by atoms with E-state index in [0.717, 1.165) is 4.88 Å². The summed E-state index contributed by atoms with van der Waals surface area (Å²) in [5.74, 6) is -1.27. The first-order valence-electron chi connectivity index (χ1n) is 9.75. The largest absolute Gasteiger partial charge is 0.462 e. The molecule has 2 aromatic heterocycles. The van der Waals surface area contributed by atoms with Crippen molar-refractivity contribution < 1.29 is 19.2 Å². The molecule has 0 saturated carbocycles. The van der Waals surface area contributed by atoms with Crippen molar-refractivity contribution in [3.05, 3.63) is 67.7 Å². The van der Waals surface area contributed by atoms with Gasteiger partial charge in [0, 0.05) is 28.1 Å². The minimum Gasteiger partial charge on any atom is -0.462 e. The highest BCUT2D eigenvalue weighted by molar-refractivity contribution is 7.16. The molecule has 11 heteroatoms. The van der Waals surface area contributed by atoms with Crippen LogP contribution >= 0.6 is 11.3 Å². The summed E-state index contributed by atoms with van der Waals surface area (Å²) < 4.78 is 5.08. The summed E-state index contributed by atoms with van der Waals surface area (Å²) in [4.78, 5) is 36.6. The molecule has 0 aliphatic carbocycles. The van der Waals surface area contributed by atoms with E-state index in [9.17, 15) is 25.0 Å². The third-order valence-corrected chi connectivity index (χ3v) is 5.89. The van der Waals surface area contributed by atoms with Gasteiger partial charge in [-0.2, -0.15) is 10.4 Å². The number of benzene rings is 1. The zero-order valence-corrected chi connectivity index (χ0v) is 18.8. The van der Waals surface area contributed by atoms with E-state index in [2.05, 4.69) is 15.5 Å². The van der Waals surface area contributed by atoms with Gasteiger partial charge in [-0.25, -0.2) is 4.79 Å². The first-order valence-corrected chi connectivity index (χ1v) is 10.6. The number of aromatic nitrogens is 2. The predicted molar refractivity (Wildman–Crippen MR) is 123 cm³/mol. The van der Waals surface area contributed by atoms with E-state index >= 15 is 0 Å². The molecule has 0 atom stereocenters. The fourth-order valence-corrected chi connectivity index (χ4v) is 4.09. The molecule has 2 heterocycles. The fourth-order valence-electron chi connectivity index (χ4n) is 3.05. The molecule has 2 N–H and O–H groups in total. The number of hydrogen-bond donors (Lipinski definition) is 2. The molecule has 0 unspecified atom stereocenters. The van der Waals surface area contributed by atoms with Crippen LogP contribution in [0.2, 0.25) is 0 Å². The Morgan fingerprint density at radius 2 is 2.15 bits per heavy atom. The van der Waals surface area contributed by atoms with Gasteiger partial charge in [0.15, 0.2) is 0 Å². The summed E-state index contributed by atoms with van der Waals surface area (Å²) in [5, 5.41) is 30.3. The molecule has 0 aliphatic heterocycles. The van der Waals surface area contributed by atoms with Crippen LogP contribution in [-0.2, 0) is 9.53 Å². The van der Waals surface area contributed by atoms with Gasteiger partial charge in [-0.3, -0.25) is 20.0 Å². The Morgan fingerprint density at radius 1 is 1.39 bits per heavy atom. The zero-order chi connectivity index (χ0) is 24.1. The van der Waals surface area contributed by atoms with Crippen LogP contribution in [-0.4, -0.2) is 33.6 Å². The van der Waals surface area contributed by atoms with Crippen molar-refractivity contribution in [1.29, 1.82) is 5.26 Å². The Bertz CT molecular complexity index is 1310. The van der Waals surface area contributed by atoms with Gasteiger partial charge in [0.2, 0.25) is 0 Å². The van der Waals surface area contributed by atoms with Crippen molar-refractivity contribution in [2.45, 2.75) is 20.8 Å². The maximum absolute atomic E-state index is 12.8. The average molecular weight is 465 g/mol. The number of ether oxygens (including phenoxy) is 1. The lowest BCUT2D eigenvalue weighted by molar-refractivity contribution is -0.384. The van der Waals surface area contributed by atoms with E-state index in [1.807, 2.05) is 13.0 Å². The maximum Gasteiger partial charge on any atom is 0.341 e. The highest BCUT2D eigenvalue weighted by atomic mass is 32.1. The van der Waals surface area contributed by atoms with Crippen molar-refractivity contribution in [2.75, 3.05) is 11.9 Å². The van der Waals surface area contributed by atoms with Crippen molar-refractivity contribution >= 4 is 40.0 Å². The molecule has 0 saturated heterocycles. The summed E-state index contributed by atoms with van der Waals surface area (Å²) in [5.41, 5.74) is 1.89. The molecule has 10 nitrogen and oxygen atoms in total. The van der Waals surface area contributed by atoms with E-state index < -0.39 is 16.8 Å². The molecule has 1 aromatic carbocycles. The highest BCUT2D eigenvalue weighted by Gasteiger charge is 2.23. The molecule has 3 aromatic rings. The lowest BCUT2D eigenvalue weighted by atomic mass is 10.1. The number of rotatable bonds is 7. The van der Waals surface area contributed by atoms with Gasteiger partial charge < -0.3 is 10.1 Å². The number of H-pyrrole nitrogens is 1. The summed E-state index contributed by atoms with van der Waals surface area (Å²) in [7, 11) is 0. The third kappa shape index (κ3) is 4.97. The Hall–Kier alpha value is -4.30. The second-order valence-corrected chi connectivity index (χ2v) is 8.06. The quantitative estimate of drug-likeness (QED) is 0.173. The summed E-state index contributed by atoms with van der Waals surface area (Å²) in [6.45, 7) is 5.44. The van der Waals surface area contributed by atoms with Gasteiger partial charge in [-0.1, -0.05) is 12.1 Å². The molecular weight excluding hydrogens is 446 g/mol. The predicted octanol–water partition coefficient (Wildman–Crippen LogP) is 4.39. The van der Waals surface area contributed by atoms with Gasteiger partial charge in [0.25, 0.3) is 11.6 Å². The Balaban J connectivity index is 1.94. The van der Waals surface area contributed by atoms with Crippen molar-refractivity contribution in [3.63, 3.8) is 0 Å². The molecule has 168 valence electrons. The van der Waals surface area contributed by atoms with Gasteiger partial charge in [-0.15, -0.1) is 11.3 Å². The normalized spacial score (nSPS) is 11.0. The van der Waals surface area contributed by atoms with Crippen LogP contribution < -0.4 is 5.32 Å². The van der Waals surface area contributed by atoms with Crippen molar-refractivity contribution in [1.82, 2.24) is 10.2 Å². The number of carbonyl (C=O) groups is 2. The molecule has 33 heavy (non-hydrogen) atoms. The number of anilines is 1. The minimum absolute atomic E-state index is 0.106. The van der Waals surface area contributed by atoms with Crippen LogP contribution in [0.25, 0.3) is 17.3 Å². The molecule has 0 spiro atoms. The van der Waals surface area contributed by atoms with Crippen LogP contribution in [0.5, 0.6) is 0 Å². The second-order valence-electron chi connectivity index (χ2n) is 6.84. The number of aromatic amines is 1. The monoisotopic (exact) mass is 465 g/mol. The van der Waals surface area contributed by atoms with Gasteiger partial charge >= 0.3 is 5.97 Å². The maximum atomic E-state index is 12.8. The van der Waals surface area contributed by atoms with Gasteiger partial charge in [-0.05, 0) is 32.4 Å². The van der Waals surface area contributed by atoms with Crippen molar-refractivity contribution in [2.24, 2.45) is 0 Å².